The normalized spacial score (nSPS) is 21.1. The van der Waals surface area contributed by atoms with Crippen LogP contribution in [0.3, 0.4) is 0 Å². The van der Waals surface area contributed by atoms with E-state index in [2.05, 4.69) is 29.1 Å². The van der Waals surface area contributed by atoms with Gasteiger partial charge in [0, 0.05) is 31.0 Å². The Morgan fingerprint density at radius 1 is 1.39 bits per heavy atom. The number of hydrogen-bond acceptors (Lipinski definition) is 5. The summed E-state index contributed by atoms with van der Waals surface area (Å²) in [6.45, 7) is 2.54. The van der Waals surface area contributed by atoms with Crippen molar-refractivity contribution in [2.45, 2.75) is 31.8 Å². The van der Waals surface area contributed by atoms with Crippen LogP contribution < -0.4 is 0 Å². The molecule has 6 nitrogen and oxygen atoms in total. The topological polar surface area (TPSA) is 62.5 Å². The lowest BCUT2D eigenvalue weighted by Crippen LogP contribution is -2.45. The summed E-state index contributed by atoms with van der Waals surface area (Å²) in [7, 11) is 4.14. The zero-order valence-electron chi connectivity index (χ0n) is 13.8. The molecule has 1 saturated heterocycles. The Kier molecular flexibility index (Phi) is 4.43. The summed E-state index contributed by atoms with van der Waals surface area (Å²) in [5.41, 5.74) is 1.58. The number of hydrogen-bond donors (Lipinski definition) is 0. The molecule has 3 rings (SSSR count). The van der Waals surface area contributed by atoms with Crippen LogP contribution in [0.2, 0.25) is 0 Å². The van der Waals surface area contributed by atoms with Crippen LogP contribution in [-0.2, 0) is 6.42 Å². The van der Waals surface area contributed by atoms with Gasteiger partial charge in [-0.05, 0) is 51.6 Å². The van der Waals surface area contributed by atoms with Gasteiger partial charge in [0.25, 0.3) is 5.91 Å². The summed E-state index contributed by atoms with van der Waals surface area (Å²) in [6, 6.07) is 6.17. The van der Waals surface area contributed by atoms with Gasteiger partial charge in [-0.1, -0.05) is 5.16 Å². The molecular weight excluding hydrogens is 292 g/mol. The molecule has 0 spiro atoms. The third-order valence-electron chi connectivity index (χ3n) is 4.48. The van der Waals surface area contributed by atoms with E-state index < -0.39 is 0 Å². The van der Waals surface area contributed by atoms with Crippen LogP contribution in [-0.4, -0.2) is 58.6 Å². The third-order valence-corrected chi connectivity index (χ3v) is 4.48. The van der Waals surface area contributed by atoms with Gasteiger partial charge < -0.3 is 14.3 Å². The second-order valence-corrected chi connectivity index (χ2v) is 6.27. The first-order chi connectivity index (χ1) is 11.1. The van der Waals surface area contributed by atoms with Crippen LogP contribution in [0.4, 0.5) is 0 Å². The quantitative estimate of drug-likeness (QED) is 0.860. The molecule has 23 heavy (non-hydrogen) atoms. The fourth-order valence-corrected chi connectivity index (χ4v) is 3.31. The smallest absolute Gasteiger partial charge is 0.276 e. The summed E-state index contributed by atoms with van der Waals surface area (Å²) < 4.78 is 5.06. The molecule has 122 valence electrons. The van der Waals surface area contributed by atoms with Gasteiger partial charge >= 0.3 is 0 Å². The maximum absolute atomic E-state index is 12.8. The molecule has 0 aliphatic carbocycles. The standard InChI is InChI=1S/C17H22N4O2/c1-12-10-14(19-23-12)17(22)21-9-6-15(20(2)3)16(21)11-13-4-7-18-8-5-13/h4-5,7-8,10,15-16H,6,9,11H2,1-3H3/t15-,16+/m1/s1. The van der Waals surface area contributed by atoms with E-state index in [1.54, 1.807) is 25.4 Å². The van der Waals surface area contributed by atoms with E-state index in [-0.39, 0.29) is 11.9 Å². The Morgan fingerprint density at radius 2 is 2.13 bits per heavy atom. The SMILES string of the molecule is Cc1cc(C(=O)N2CC[C@@H](N(C)C)[C@@H]2Cc2ccncc2)no1. The van der Waals surface area contributed by atoms with Crippen LogP contribution in [0.25, 0.3) is 0 Å². The van der Waals surface area contributed by atoms with Crippen molar-refractivity contribution in [1.82, 2.24) is 19.9 Å². The van der Waals surface area contributed by atoms with E-state index in [9.17, 15) is 4.79 Å². The van der Waals surface area contributed by atoms with Crippen molar-refractivity contribution < 1.29 is 9.32 Å². The van der Waals surface area contributed by atoms with Crippen molar-refractivity contribution in [2.75, 3.05) is 20.6 Å². The molecule has 2 atom stereocenters. The highest BCUT2D eigenvalue weighted by Crippen LogP contribution is 2.26. The zero-order valence-corrected chi connectivity index (χ0v) is 13.8. The van der Waals surface area contributed by atoms with Crippen molar-refractivity contribution in [3.05, 3.63) is 47.6 Å². The Balaban J connectivity index is 1.84. The first-order valence-corrected chi connectivity index (χ1v) is 7.86. The highest BCUT2D eigenvalue weighted by atomic mass is 16.5. The monoisotopic (exact) mass is 314 g/mol. The molecule has 1 amide bonds. The number of aryl methyl sites for hydroxylation is 1. The zero-order chi connectivity index (χ0) is 16.4. The number of carbonyl (C=O) groups excluding carboxylic acids is 1. The molecular formula is C17H22N4O2. The van der Waals surface area contributed by atoms with Crippen LogP contribution in [0.1, 0.15) is 28.2 Å². The average Bonchev–Trinajstić information content (AvgIpc) is 3.14. The van der Waals surface area contributed by atoms with Gasteiger partial charge in [0.1, 0.15) is 5.76 Å². The van der Waals surface area contributed by atoms with Crippen LogP contribution in [0.15, 0.2) is 35.1 Å². The first kappa shape index (κ1) is 15.7. The molecule has 0 bridgehead atoms. The van der Waals surface area contributed by atoms with Crippen molar-refractivity contribution in [2.24, 2.45) is 0 Å². The van der Waals surface area contributed by atoms with E-state index in [4.69, 9.17) is 4.52 Å². The highest BCUT2D eigenvalue weighted by Gasteiger charge is 2.39. The molecule has 0 unspecified atom stereocenters. The van der Waals surface area contributed by atoms with Crippen molar-refractivity contribution in [3.63, 3.8) is 0 Å². The second kappa shape index (κ2) is 6.50. The van der Waals surface area contributed by atoms with Crippen molar-refractivity contribution in [1.29, 1.82) is 0 Å². The third kappa shape index (κ3) is 3.27. The molecule has 0 aromatic carbocycles. The van der Waals surface area contributed by atoms with Crippen molar-refractivity contribution >= 4 is 5.91 Å². The summed E-state index contributed by atoms with van der Waals surface area (Å²) in [5, 5.41) is 3.88. The predicted molar refractivity (Wildman–Crippen MR) is 86.1 cm³/mol. The fourth-order valence-electron chi connectivity index (χ4n) is 3.31. The molecule has 1 fully saturated rings. The van der Waals surface area contributed by atoms with E-state index in [0.29, 0.717) is 17.5 Å². The van der Waals surface area contributed by atoms with E-state index in [1.165, 1.54) is 5.56 Å². The minimum Gasteiger partial charge on any atom is -0.361 e. The van der Waals surface area contributed by atoms with Gasteiger partial charge in [-0.3, -0.25) is 9.78 Å². The number of carbonyl (C=O) groups is 1. The molecule has 6 heteroatoms. The van der Waals surface area contributed by atoms with Crippen LogP contribution >= 0.6 is 0 Å². The summed E-state index contributed by atoms with van der Waals surface area (Å²) >= 11 is 0. The lowest BCUT2D eigenvalue weighted by molar-refractivity contribution is 0.0694. The van der Waals surface area contributed by atoms with Gasteiger partial charge in [0.05, 0.1) is 6.04 Å². The predicted octanol–water partition coefficient (Wildman–Crippen LogP) is 1.77. The first-order valence-electron chi connectivity index (χ1n) is 7.86. The Morgan fingerprint density at radius 3 is 2.74 bits per heavy atom. The molecule has 1 aliphatic heterocycles. The maximum atomic E-state index is 12.8. The molecule has 3 heterocycles. The number of aromatic nitrogens is 2. The number of nitrogens with zero attached hydrogens (tertiary/aromatic N) is 4. The number of pyridine rings is 1. The van der Waals surface area contributed by atoms with Crippen LogP contribution in [0.5, 0.6) is 0 Å². The van der Waals surface area contributed by atoms with E-state index >= 15 is 0 Å². The molecule has 2 aromatic rings. The van der Waals surface area contributed by atoms with Crippen LogP contribution in [0, 0.1) is 6.92 Å². The van der Waals surface area contributed by atoms with Gasteiger partial charge in [-0.15, -0.1) is 0 Å². The Hall–Kier alpha value is -2.21. The lowest BCUT2D eigenvalue weighted by Gasteiger charge is -2.31. The number of likely N-dealkylation sites (N-methyl/N-ethyl adjacent to an activating group) is 1. The highest BCUT2D eigenvalue weighted by molar-refractivity contribution is 5.92. The number of likely N-dealkylation sites (tertiary alicyclic amines) is 1. The molecule has 0 saturated carbocycles. The van der Waals surface area contributed by atoms with Gasteiger partial charge in [-0.25, -0.2) is 0 Å². The lowest BCUT2D eigenvalue weighted by atomic mass is 10.00. The minimum absolute atomic E-state index is 0.0507. The van der Waals surface area contributed by atoms with Crippen molar-refractivity contribution in [3.8, 4) is 0 Å². The van der Waals surface area contributed by atoms with E-state index in [1.807, 2.05) is 17.0 Å². The summed E-state index contributed by atoms with van der Waals surface area (Å²) in [5.74, 6) is 0.604. The van der Waals surface area contributed by atoms with Gasteiger partial charge in [0.15, 0.2) is 5.69 Å². The summed E-state index contributed by atoms with van der Waals surface area (Å²) in [4.78, 5) is 21.0. The van der Waals surface area contributed by atoms with E-state index in [0.717, 1.165) is 19.4 Å². The second-order valence-electron chi connectivity index (χ2n) is 6.27. The summed E-state index contributed by atoms with van der Waals surface area (Å²) in [6.07, 6.45) is 5.36. The van der Waals surface area contributed by atoms with Gasteiger partial charge in [-0.2, -0.15) is 0 Å². The molecule has 0 N–H and O–H groups in total. The number of amides is 1. The molecule has 1 aliphatic rings. The Bertz CT molecular complexity index is 668. The molecule has 0 radical (unpaired) electrons. The minimum atomic E-state index is -0.0507. The fraction of sp³-hybridized carbons (Fsp3) is 0.471. The average molecular weight is 314 g/mol. The maximum Gasteiger partial charge on any atom is 0.276 e. The number of rotatable bonds is 4. The van der Waals surface area contributed by atoms with Gasteiger partial charge in [0.2, 0.25) is 0 Å². The Labute approximate surface area is 136 Å². The molecule has 2 aromatic heterocycles. The largest absolute Gasteiger partial charge is 0.361 e.